The molecule has 0 saturated heterocycles. The normalized spacial score (nSPS) is 13.6. The van der Waals surface area contributed by atoms with Gasteiger partial charge in [-0.05, 0) is 31.5 Å². The van der Waals surface area contributed by atoms with Gasteiger partial charge in [0, 0.05) is 25.9 Å². The molecule has 19 heavy (non-hydrogen) atoms. The van der Waals surface area contributed by atoms with E-state index in [-0.39, 0.29) is 6.61 Å². The number of hydrogen-bond acceptors (Lipinski definition) is 4. The lowest BCUT2D eigenvalue weighted by atomic mass is 9.95. The van der Waals surface area contributed by atoms with Crippen molar-refractivity contribution in [3.05, 3.63) is 29.8 Å². The van der Waals surface area contributed by atoms with Crippen molar-refractivity contribution in [3.8, 4) is 6.07 Å². The fourth-order valence-corrected chi connectivity index (χ4v) is 2.13. The first-order valence-corrected chi connectivity index (χ1v) is 6.59. The number of benzene rings is 1. The van der Waals surface area contributed by atoms with Crippen LogP contribution >= 0.6 is 0 Å². The average Bonchev–Trinajstić information content (AvgIpc) is 2.43. The molecule has 104 valence electrons. The molecule has 0 fully saturated rings. The Morgan fingerprint density at radius 2 is 1.84 bits per heavy atom. The van der Waals surface area contributed by atoms with Gasteiger partial charge < -0.3 is 14.7 Å². The Labute approximate surface area is 115 Å². The van der Waals surface area contributed by atoms with Crippen molar-refractivity contribution in [1.82, 2.24) is 0 Å². The lowest BCUT2D eigenvalue weighted by Crippen LogP contribution is -2.23. The number of aliphatic hydroxyl groups excluding tert-OH is 1. The molecule has 0 aromatic heterocycles. The van der Waals surface area contributed by atoms with E-state index in [2.05, 4.69) is 24.8 Å². The smallest absolute Gasteiger partial charge is 0.0994 e. The summed E-state index contributed by atoms with van der Waals surface area (Å²) < 4.78 is 4.90. The van der Waals surface area contributed by atoms with Crippen LogP contribution in [0, 0.1) is 11.3 Å². The summed E-state index contributed by atoms with van der Waals surface area (Å²) in [4.78, 5) is 2.23. The van der Waals surface area contributed by atoms with Crippen molar-refractivity contribution < 1.29 is 9.84 Å². The number of nitrogens with zero attached hydrogens (tertiary/aromatic N) is 2. The topological polar surface area (TPSA) is 56.5 Å². The summed E-state index contributed by atoms with van der Waals surface area (Å²) in [5.41, 5.74) is 1.95. The van der Waals surface area contributed by atoms with E-state index in [4.69, 9.17) is 4.74 Å². The minimum atomic E-state index is -0.797. The van der Waals surface area contributed by atoms with E-state index in [1.807, 2.05) is 24.3 Å². The summed E-state index contributed by atoms with van der Waals surface area (Å²) in [7, 11) is 1.52. The Kier molecular flexibility index (Phi) is 6.34. The van der Waals surface area contributed by atoms with E-state index in [9.17, 15) is 10.4 Å². The lowest BCUT2D eigenvalue weighted by molar-refractivity contribution is 0.0571. The van der Waals surface area contributed by atoms with Gasteiger partial charge in [-0.3, -0.25) is 0 Å². The molecule has 1 aromatic carbocycles. The SMILES string of the molecule is CCN(CC)c1ccc(C(C#N)C(O)COC)cc1. The van der Waals surface area contributed by atoms with Gasteiger partial charge in [-0.25, -0.2) is 0 Å². The molecule has 1 N–H and O–H groups in total. The molecule has 4 heteroatoms. The molecule has 0 spiro atoms. The highest BCUT2D eigenvalue weighted by molar-refractivity contribution is 5.48. The number of hydrogen-bond donors (Lipinski definition) is 1. The first-order chi connectivity index (χ1) is 9.17. The van der Waals surface area contributed by atoms with Gasteiger partial charge >= 0.3 is 0 Å². The van der Waals surface area contributed by atoms with Gasteiger partial charge in [-0.15, -0.1) is 0 Å². The quantitative estimate of drug-likeness (QED) is 0.818. The first kappa shape index (κ1) is 15.5. The number of ether oxygens (including phenoxy) is 1. The van der Waals surface area contributed by atoms with E-state index in [1.165, 1.54) is 7.11 Å². The maximum absolute atomic E-state index is 9.88. The number of methoxy groups -OCH3 is 1. The zero-order valence-electron chi connectivity index (χ0n) is 11.8. The molecule has 0 bridgehead atoms. The largest absolute Gasteiger partial charge is 0.389 e. The van der Waals surface area contributed by atoms with E-state index in [0.29, 0.717) is 0 Å². The third-order valence-electron chi connectivity index (χ3n) is 3.24. The van der Waals surface area contributed by atoms with Crippen LogP contribution in [-0.2, 0) is 4.74 Å². The van der Waals surface area contributed by atoms with Crippen LogP contribution < -0.4 is 4.90 Å². The Hall–Kier alpha value is -1.57. The molecule has 4 nitrogen and oxygen atoms in total. The number of nitriles is 1. The fourth-order valence-electron chi connectivity index (χ4n) is 2.13. The van der Waals surface area contributed by atoms with Crippen LogP contribution in [0.2, 0.25) is 0 Å². The second-order valence-electron chi connectivity index (χ2n) is 4.39. The molecule has 2 unspecified atom stereocenters. The van der Waals surface area contributed by atoms with Crippen LogP contribution in [-0.4, -0.2) is 38.0 Å². The maximum atomic E-state index is 9.88. The lowest BCUT2D eigenvalue weighted by Gasteiger charge is -2.22. The minimum absolute atomic E-state index is 0.163. The molecule has 0 amide bonds. The number of anilines is 1. The van der Waals surface area contributed by atoms with Gasteiger partial charge in [-0.2, -0.15) is 5.26 Å². The van der Waals surface area contributed by atoms with E-state index < -0.39 is 12.0 Å². The summed E-state index contributed by atoms with van der Waals surface area (Å²) in [6.45, 7) is 6.28. The maximum Gasteiger partial charge on any atom is 0.0994 e. The molecular formula is C15H22N2O2. The molecule has 0 heterocycles. The van der Waals surface area contributed by atoms with Gasteiger partial charge in [0.05, 0.1) is 24.7 Å². The molecule has 0 aliphatic rings. The zero-order chi connectivity index (χ0) is 14.3. The fraction of sp³-hybridized carbons (Fsp3) is 0.533. The predicted octanol–water partition coefficient (Wildman–Crippen LogP) is 2.15. The Morgan fingerprint density at radius 3 is 2.26 bits per heavy atom. The standard InChI is InChI=1S/C15H22N2O2/c1-4-17(5-2)13-8-6-12(7-9-13)14(10-16)15(18)11-19-3/h6-9,14-15,18H,4-5,11H2,1-3H3. The molecule has 0 radical (unpaired) electrons. The summed E-state index contributed by atoms with van der Waals surface area (Å²) in [5, 5.41) is 19.0. The number of aliphatic hydroxyl groups is 1. The molecule has 1 aromatic rings. The van der Waals surface area contributed by atoms with Crippen molar-refractivity contribution in [2.75, 3.05) is 31.7 Å². The second kappa shape index (κ2) is 7.78. The van der Waals surface area contributed by atoms with Crippen molar-refractivity contribution in [2.24, 2.45) is 0 Å². The summed E-state index contributed by atoms with van der Waals surface area (Å²) in [6.07, 6.45) is -0.797. The third-order valence-corrected chi connectivity index (χ3v) is 3.24. The van der Waals surface area contributed by atoms with Crippen molar-refractivity contribution in [3.63, 3.8) is 0 Å². The highest BCUT2D eigenvalue weighted by atomic mass is 16.5. The second-order valence-corrected chi connectivity index (χ2v) is 4.39. The minimum Gasteiger partial charge on any atom is -0.389 e. The van der Waals surface area contributed by atoms with Crippen LogP contribution in [0.4, 0.5) is 5.69 Å². The van der Waals surface area contributed by atoms with Crippen LogP contribution in [0.15, 0.2) is 24.3 Å². The molecule has 1 rings (SSSR count). The van der Waals surface area contributed by atoms with Gasteiger partial charge in [0.1, 0.15) is 0 Å². The summed E-state index contributed by atoms with van der Waals surface area (Å²) in [6, 6.07) is 9.93. The Balaban J connectivity index is 2.87. The highest BCUT2D eigenvalue weighted by Gasteiger charge is 2.20. The monoisotopic (exact) mass is 262 g/mol. The van der Waals surface area contributed by atoms with Gasteiger partial charge in [-0.1, -0.05) is 12.1 Å². The van der Waals surface area contributed by atoms with Crippen molar-refractivity contribution in [1.29, 1.82) is 5.26 Å². The van der Waals surface area contributed by atoms with Gasteiger partial charge in [0.25, 0.3) is 0 Å². The molecule has 0 saturated carbocycles. The zero-order valence-corrected chi connectivity index (χ0v) is 11.8. The van der Waals surface area contributed by atoms with Crippen molar-refractivity contribution >= 4 is 5.69 Å². The van der Waals surface area contributed by atoms with Crippen LogP contribution in [0.5, 0.6) is 0 Å². The molecular weight excluding hydrogens is 240 g/mol. The Morgan fingerprint density at radius 1 is 1.26 bits per heavy atom. The summed E-state index contributed by atoms with van der Waals surface area (Å²) >= 11 is 0. The van der Waals surface area contributed by atoms with Crippen LogP contribution in [0.1, 0.15) is 25.3 Å². The Bertz CT molecular complexity index is 407. The molecule has 0 aliphatic carbocycles. The molecule has 2 atom stereocenters. The number of rotatable bonds is 7. The van der Waals surface area contributed by atoms with E-state index in [0.717, 1.165) is 24.3 Å². The van der Waals surface area contributed by atoms with Gasteiger partial charge in [0.2, 0.25) is 0 Å². The first-order valence-electron chi connectivity index (χ1n) is 6.59. The van der Waals surface area contributed by atoms with Crippen LogP contribution in [0.25, 0.3) is 0 Å². The molecule has 0 aliphatic heterocycles. The highest BCUT2D eigenvalue weighted by Crippen LogP contribution is 2.23. The van der Waals surface area contributed by atoms with E-state index in [1.54, 1.807) is 0 Å². The predicted molar refractivity (Wildman–Crippen MR) is 76.2 cm³/mol. The third kappa shape index (κ3) is 3.95. The summed E-state index contributed by atoms with van der Waals surface area (Å²) in [5.74, 6) is -0.550. The van der Waals surface area contributed by atoms with E-state index >= 15 is 0 Å². The van der Waals surface area contributed by atoms with Crippen LogP contribution in [0.3, 0.4) is 0 Å². The van der Waals surface area contributed by atoms with Crippen molar-refractivity contribution in [2.45, 2.75) is 25.9 Å². The van der Waals surface area contributed by atoms with Gasteiger partial charge in [0.15, 0.2) is 0 Å². The average molecular weight is 262 g/mol.